The van der Waals surface area contributed by atoms with Gasteiger partial charge in [-0.2, -0.15) is 23.5 Å². The Balaban J connectivity index is 2.02. The van der Waals surface area contributed by atoms with E-state index in [2.05, 4.69) is 20.7 Å². The van der Waals surface area contributed by atoms with Crippen LogP contribution in [0.2, 0.25) is 0 Å². The molecule has 2 heterocycles. The van der Waals surface area contributed by atoms with Crippen molar-refractivity contribution in [3.63, 3.8) is 0 Å². The van der Waals surface area contributed by atoms with Gasteiger partial charge in [-0.25, -0.2) is 13.1 Å². The van der Waals surface area contributed by atoms with Crippen molar-refractivity contribution in [3.8, 4) is 0 Å². The molecule has 1 fully saturated rings. The summed E-state index contributed by atoms with van der Waals surface area (Å²) in [5.74, 6) is 3.21. The lowest BCUT2D eigenvalue weighted by Gasteiger charge is -2.20. The fourth-order valence-corrected chi connectivity index (χ4v) is 7.93. The number of hydrogen-bond donors (Lipinski definition) is 2. The fraction of sp³-hybridized carbons (Fsp3) is 0.600. The average Bonchev–Trinajstić information content (AvgIpc) is 2.80. The third-order valence-corrected chi connectivity index (χ3v) is 9.04. The topological polar surface area (TPSA) is 66.4 Å². The second-order valence-electron chi connectivity index (χ2n) is 3.93. The molecular weight excluding hydrogens is 390 g/mol. The number of nitrogens with one attached hydrogen (secondary N) is 1. The van der Waals surface area contributed by atoms with E-state index >= 15 is 0 Å². The van der Waals surface area contributed by atoms with Crippen LogP contribution < -0.4 is 4.72 Å². The highest BCUT2D eigenvalue weighted by Crippen LogP contribution is 2.32. The van der Waals surface area contributed by atoms with E-state index in [9.17, 15) is 8.42 Å². The minimum absolute atomic E-state index is 0.145. The van der Waals surface area contributed by atoms with Gasteiger partial charge in [-0.15, -0.1) is 11.3 Å². The van der Waals surface area contributed by atoms with E-state index in [1.807, 2.05) is 23.5 Å². The molecule has 19 heavy (non-hydrogen) atoms. The Bertz CT molecular complexity index is 525. The zero-order valence-electron chi connectivity index (χ0n) is 9.96. The second-order valence-corrected chi connectivity index (χ2v) is 10.7. The van der Waals surface area contributed by atoms with Gasteiger partial charge in [-0.05, 0) is 22.0 Å². The van der Waals surface area contributed by atoms with Gasteiger partial charge in [-0.3, -0.25) is 0 Å². The van der Waals surface area contributed by atoms with Crippen molar-refractivity contribution in [2.24, 2.45) is 0 Å². The summed E-state index contributed by atoms with van der Waals surface area (Å²) in [5, 5.41) is 9.38. The molecule has 0 aromatic carbocycles. The number of halogens is 1. The second kappa shape index (κ2) is 7.15. The van der Waals surface area contributed by atoms with Gasteiger partial charge >= 0.3 is 0 Å². The highest BCUT2D eigenvalue weighted by Gasteiger charge is 2.23. The zero-order valence-corrected chi connectivity index (χ0v) is 14.8. The van der Waals surface area contributed by atoms with E-state index in [1.165, 1.54) is 17.4 Å². The van der Waals surface area contributed by atoms with Gasteiger partial charge in [0.05, 0.1) is 10.4 Å². The quantitative estimate of drug-likeness (QED) is 0.787. The summed E-state index contributed by atoms with van der Waals surface area (Å²) in [5.41, 5.74) is 0. The monoisotopic (exact) mass is 403 g/mol. The molecule has 2 rings (SSSR count). The van der Waals surface area contributed by atoms with Crippen LogP contribution in [0.25, 0.3) is 0 Å². The molecule has 1 unspecified atom stereocenters. The first-order valence-corrected chi connectivity index (χ1v) is 10.9. The molecule has 2 N–H and O–H groups in total. The number of aliphatic hydroxyl groups excluding tert-OH is 1. The molecule has 1 atom stereocenters. The number of aliphatic hydroxyl groups is 1. The van der Waals surface area contributed by atoms with Gasteiger partial charge in [0, 0.05) is 33.9 Å². The van der Waals surface area contributed by atoms with E-state index in [0.717, 1.165) is 17.3 Å². The molecule has 108 valence electrons. The number of thioether (sulfide) groups is 2. The summed E-state index contributed by atoms with van der Waals surface area (Å²) in [6.07, 6.45) is 0. The van der Waals surface area contributed by atoms with Gasteiger partial charge in [0.15, 0.2) is 0 Å². The smallest absolute Gasteiger partial charge is 0.242 e. The van der Waals surface area contributed by atoms with Crippen LogP contribution in [0, 0.1) is 0 Å². The normalized spacial score (nSPS) is 20.6. The Morgan fingerprint density at radius 1 is 1.47 bits per heavy atom. The van der Waals surface area contributed by atoms with Gasteiger partial charge in [0.2, 0.25) is 10.0 Å². The Morgan fingerprint density at radius 2 is 2.26 bits per heavy atom. The average molecular weight is 404 g/mol. The summed E-state index contributed by atoms with van der Waals surface area (Å²) < 4.78 is 27.6. The van der Waals surface area contributed by atoms with E-state index in [4.69, 9.17) is 5.11 Å². The summed E-state index contributed by atoms with van der Waals surface area (Å²) >= 11 is 8.16. The van der Waals surface area contributed by atoms with E-state index in [-0.39, 0.29) is 11.5 Å². The molecule has 0 bridgehead atoms. The van der Waals surface area contributed by atoms with E-state index < -0.39 is 10.0 Å². The van der Waals surface area contributed by atoms with Crippen LogP contribution in [-0.2, 0) is 16.6 Å². The van der Waals surface area contributed by atoms with Crippen LogP contribution in [0.5, 0.6) is 0 Å². The van der Waals surface area contributed by atoms with Crippen LogP contribution in [0.3, 0.4) is 0 Å². The molecule has 4 nitrogen and oxygen atoms in total. The Kier molecular flexibility index (Phi) is 6.07. The molecule has 0 saturated carbocycles. The molecule has 9 heteroatoms. The van der Waals surface area contributed by atoms with Gasteiger partial charge in [0.25, 0.3) is 0 Å². The molecule has 0 amide bonds. The lowest BCUT2D eigenvalue weighted by atomic mass is 10.5. The van der Waals surface area contributed by atoms with Crippen LogP contribution in [0.4, 0.5) is 0 Å². The van der Waals surface area contributed by atoms with Crippen molar-refractivity contribution in [2.75, 3.05) is 23.8 Å². The zero-order chi connectivity index (χ0) is 13.9. The number of rotatable bonds is 5. The van der Waals surface area contributed by atoms with E-state index in [0.29, 0.717) is 20.5 Å². The number of hydrogen-bond acceptors (Lipinski definition) is 6. The maximum atomic E-state index is 12.2. The number of thiophene rings is 1. The van der Waals surface area contributed by atoms with Crippen molar-refractivity contribution in [3.05, 3.63) is 14.7 Å². The maximum Gasteiger partial charge on any atom is 0.242 e. The van der Waals surface area contributed by atoms with Crippen molar-refractivity contribution in [1.82, 2.24) is 4.72 Å². The third kappa shape index (κ3) is 4.36. The number of sulfonamides is 1. The molecule has 0 aliphatic carbocycles. The molecule has 1 aromatic heterocycles. The first-order valence-electron chi connectivity index (χ1n) is 5.61. The van der Waals surface area contributed by atoms with Crippen molar-refractivity contribution < 1.29 is 13.5 Å². The van der Waals surface area contributed by atoms with Crippen LogP contribution in [0.15, 0.2) is 14.7 Å². The summed E-state index contributed by atoms with van der Waals surface area (Å²) in [7, 11) is -3.50. The van der Waals surface area contributed by atoms with Crippen molar-refractivity contribution >= 4 is 60.8 Å². The van der Waals surface area contributed by atoms with Crippen LogP contribution in [-0.4, -0.2) is 42.6 Å². The minimum Gasteiger partial charge on any atom is -0.391 e. The molecule has 1 aliphatic heterocycles. The lowest BCUT2D eigenvalue weighted by Crippen LogP contribution is -2.33. The molecule has 1 aliphatic rings. The van der Waals surface area contributed by atoms with E-state index in [1.54, 1.807) is 0 Å². The molecule has 0 spiro atoms. The minimum atomic E-state index is -3.50. The first kappa shape index (κ1) is 16.1. The third-order valence-electron chi connectivity index (χ3n) is 2.54. The van der Waals surface area contributed by atoms with Gasteiger partial charge in [-0.1, -0.05) is 0 Å². The van der Waals surface area contributed by atoms with Crippen molar-refractivity contribution in [1.29, 1.82) is 0 Å². The van der Waals surface area contributed by atoms with Crippen LogP contribution in [0.1, 0.15) is 4.88 Å². The first-order chi connectivity index (χ1) is 9.03. The van der Waals surface area contributed by atoms with Gasteiger partial charge < -0.3 is 5.11 Å². The lowest BCUT2D eigenvalue weighted by molar-refractivity contribution is 0.285. The highest BCUT2D eigenvalue weighted by atomic mass is 79.9. The summed E-state index contributed by atoms with van der Waals surface area (Å²) in [4.78, 5) is 0.852. The SMILES string of the molecule is O=S(=O)(NCC1CSCCS1)c1cc(CO)sc1Br. The molecular formula is C10H14BrNO3S4. The predicted molar refractivity (Wildman–Crippen MR) is 86.7 cm³/mol. The fourth-order valence-electron chi connectivity index (χ4n) is 1.59. The molecule has 1 aromatic rings. The summed E-state index contributed by atoms with van der Waals surface area (Å²) in [6.45, 7) is 0.310. The highest BCUT2D eigenvalue weighted by molar-refractivity contribution is 9.11. The predicted octanol–water partition coefficient (Wildman–Crippen LogP) is 2.13. The molecule has 1 saturated heterocycles. The standard InChI is InChI=1S/C10H14BrNO3S4/c11-10-9(3-7(5-13)18-10)19(14,15)12-4-8-6-16-1-2-17-8/h3,8,12-13H,1-2,4-6H2. The Labute approximate surface area is 133 Å². The largest absolute Gasteiger partial charge is 0.391 e. The summed E-state index contributed by atoms with van der Waals surface area (Å²) in [6, 6.07) is 1.51. The van der Waals surface area contributed by atoms with Gasteiger partial charge in [0.1, 0.15) is 4.90 Å². The maximum absolute atomic E-state index is 12.2. The van der Waals surface area contributed by atoms with Crippen molar-refractivity contribution in [2.45, 2.75) is 16.8 Å². The Hall–Kier alpha value is 0.750. The Morgan fingerprint density at radius 3 is 2.84 bits per heavy atom. The van der Waals surface area contributed by atoms with Crippen LogP contribution >= 0.6 is 50.8 Å². The molecule has 0 radical (unpaired) electrons.